The zero-order valence-corrected chi connectivity index (χ0v) is 19.9. The van der Waals surface area contributed by atoms with Gasteiger partial charge in [-0.15, -0.1) is 0 Å². The summed E-state index contributed by atoms with van der Waals surface area (Å²) in [7, 11) is 0. The highest BCUT2D eigenvalue weighted by Crippen LogP contribution is 2.44. The third-order valence-corrected chi connectivity index (χ3v) is 6.82. The molecule has 0 aliphatic carbocycles. The van der Waals surface area contributed by atoms with Crippen LogP contribution < -0.4 is 11.1 Å². The van der Waals surface area contributed by atoms with Crippen LogP contribution in [-0.2, 0) is 0 Å². The summed E-state index contributed by atoms with van der Waals surface area (Å²) in [5, 5.41) is 32.0. The van der Waals surface area contributed by atoms with Crippen molar-refractivity contribution in [1.29, 1.82) is 5.26 Å². The molecule has 1 aliphatic rings. The first-order valence-electron chi connectivity index (χ1n) is 11.4. The Bertz CT molecular complexity index is 1280. The molecule has 4 atom stereocenters. The van der Waals surface area contributed by atoms with Crippen LogP contribution in [0.2, 0.25) is 0 Å². The Hall–Kier alpha value is -4.40. The second-order valence-electron chi connectivity index (χ2n) is 9.16. The van der Waals surface area contributed by atoms with Crippen LogP contribution in [-0.4, -0.2) is 53.7 Å². The minimum absolute atomic E-state index is 0.100. The molecule has 3 aromatic rings. The number of anilines is 2. The summed E-state index contributed by atoms with van der Waals surface area (Å²) < 4.78 is 16.5. The van der Waals surface area contributed by atoms with Gasteiger partial charge < -0.3 is 21.1 Å². The van der Waals surface area contributed by atoms with Crippen LogP contribution >= 0.6 is 0 Å². The highest BCUT2D eigenvalue weighted by molar-refractivity contribution is 5.98. The maximum atomic E-state index is 13.3. The number of hydrogen-bond donors (Lipinski definition) is 3. The SMILES string of the molecule is CC(CC1(C)[C@H](C#N)[C@@H](n2cc(C(N)=O)c(Nc3ccc(F)cc3)n2)CCN1C(=O)O)n1cccn1. The van der Waals surface area contributed by atoms with E-state index < -0.39 is 35.3 Å². The Labute approximate surface area is 206 Å². The van der Waals surface area contributed by atoms with E-state index in [-0.39, 0.29) is 24.0 Å². The lowest BCUT2D eigenvalue weighted by Crippen LogP contribution is -2.60. The molecule has 0 spiro atoms. The van der Waals surface area contributed by atoms with E-state index in [1.165, 1.54) is 40.0 Å². The van der Waals surface area contributed by atoms with E-state index >= 15 is 0 Å². The molecule has 1 aromatic carbocycles. The zero-order valence-electron chi connectivity index (χ0n) is 19.9. The average molecular weight is 495 g/mol. The average Bonchev–Trinajstić information content (AvgIpc) is 3.50. The summed E-state index contributed by atoms with van der Waals surface area (Å²) in [6.45, 7) is 3.85. The summed E-state index contributed by atoms with van der Waals surface area (Å²) in [6, 6.07) is 8.92. The number of amides is 2. The van der Waals surface area contributed by atoms with Gasteiger partial charge in [0, 0.05) is 30.8 Å². The molecule has 1 saturated heterocycles. The predicted molar refractivity (Wildman–Crippen MR) is 128 cm³/mol. The van der Waals surface area contributed by atoms with Crippen LogP contribution in [0.5, 0.6) is 0 Å². The van der Waals surface area contributed by atoms with Crippen LogP contribution in [0.25, 0.3) is 0 Å². The van der Waals surface area contributed by atoms with Gasteiger partial charge in [0.05, 0.1) is 29.6 Å². The first-order valence-corrected chi connectivity index (χ1v) is 11.4. The second-order valence-corrected chi connectivity index (χ2v) is 9.16. The van der Waals surface area contributed by atoms with Gasteiger partial charge in [0.1, 0.15) is 11.4 Å². The monoisotopic (exact) mass is 494 g/mol. The highest BCUT2D eigenvalue weighted by Gasteiger charge is 2.51. The zero-order chi connectivity index (χ0) is 26.0. The maximum Gasteiger partial charge on any atom is 0.407 e. The van der Waals surface area contributed by atoms with Gasteiger partial charge in [-0.25, -0.2) is 9.18 Å². The van der Waals surface area contributed by atoms with Crippen LogP contribution in [0.1, 0.15) is 49.1 Å². The Morgan fingerprint density at radius 2 is 2.11 bits per heavy atom. The number of carbonyl (C=O) groups is 2. The fourth-order valence-electron chi connectivity index (χ4n) is 5.06. The molecular weight excluding hydrogens is 467 g/mol. The van der Waals surface area contributed by atoms with Gasteiger partial charge in [0.2, 0.25) is 0 Å². The van der Waals surface area contributed by atoms with Crippen molar-refractivity contribution in [2.75, 3.05) is 11.9 Å². The van der Waals surface area contributed by atoms with Gasteiger partial charge >= 0.3 is 6.09 Å². The normalized spacial score (nSPS) is 22.6. The van der Waals surface area contributed by atoms with Crippen LogP contribution in [0, 0.1) is 23.1 Å². The van der Waals surface area contributed by atoms with E-state index in [9.17, 15) is 24.3 Å². The Morgan fingerprint density at radius 3 is 2.69 bits per heavy atom. The predicted octanol–water partition coefficient (Wildman–Crippen LogP) is 3.54. The van der Waals surface area contributed by atoms with E-state index in [1.807, 2.05) is 6.92 Å². The molecule has 2 amide bonds. The number of likely N-dealkylation sites (tertiary alicyclic amines) is 1. The summed E-state index contributed by atoms with van der Waals surface area (Å²) in [5.74, 6) is -1.76. The standard InChI is InChI=1S/C24H27FN8O3/c1-15(32-10-3-9-28-32)12-24(2)19(13-26)20(8-11-31(24)23(35)36)33-14-18(21(27)34)22(30-33)29-17-6-4-16(25)5-7-17/h3-7,9-10,14-15,19-20H,8,11-12H2,1-2H3,(H2,27,34)(H,29,30)(H,35,36)/t15?,19-,20+,24?/m1/s1. The summed E-state index contributed by atoms with van der Waals surface area (Å²) in [6.07, 6.45) is 4.44. The molecule has 4 N–H and O–H groups in total. The first-order chi connectivity index (χ1) is 17.1. The number of nitrogens with one attached hydrogen (secondary N) is 1. The van der Waals surface area contributed by atoms with E-state index in [0.29, 0.717) is 18.5 Å². The topological polar surface area (TPSA) is 155 Å². The molecule has 12 heteroatoms. The second kappa shape index (κ2) is 9.69. The number of carboxylic acid groups (broad SMARTS) is 1. The highest BCUT2D eigenvalue weighted by atomic mass is 19.1. The fourth-order valence-corrected chi connectivity index (χ4v) is 5.06. The summed E-state index contributed by atoms with van der Waals surface area (Å²) >= 11 is 0. The molecule has 2 unspecified atom stereocenters. The number of rotatable bonds is 7. The van der Waals surface area contributed by atoms with Gasteiger partial charge in [-0.3, -0.25) is 14.2 Å². The molecular formula is C24H27FN8O3. The number of nitrogens with two attached hydrogens (primary N) is 1. The molecule has 0 saturated carbocycles. The molecule has 0 bridgehead atoms. The molecule has 0 radical (unpaired) electrons. The van der Waals surface area contributed by atoms with Gasteiger partial charge in [-0.2, -0.15) is 15.5 Å². The number of nitriles is 1. The molecule has 4 rings (SSSR count). The minimum atomic E-state index is -1.11. The lowest BCUT2D eigenvalue weighted by Gasteiger charge is -2.50. The fraction of sp³-hybridized carbons (Fsp3) is 0.375. The Balaban J connectivity index is 1.70. The third kappa shape index (κ3) is 4.59. The quantitative estimate of drug-likeness (QED) is 0.454. The minimum Gasteiger partial charge on any atom is -0.465 e. The summed E-state index contributed by atoms with van der Waals surface area (Å²) in [5.41, 5.74) is 5.11. The summed E-state index contributed by atoms with van der Waals surface area (Å²) in [4.78, 5) is 25.7. The number of halogens is 1. The number of carbonyl (C=O) groups excluding carboxylic acids is 1. The van der Waals surface area contributed by atoms with E-state index in [4.69, 9.17) is 5.73 Å². The molecule has 36 heavy (non-hydrogen) atoms. The van der Waals surface area contributed by atoms with E-state index in [1.54, 1.807) is 30.1 Å². The number of primary amides is 1. The van der Waals surface area contributed by atoms with Crippen LogP contribution in [0.15, 0.2) is 48.9 Å². The third-order valence-electron chi connectivity index (χ3n) is 6.82. The Kier molecular flexibility index (Phi) is 6.65. The van der Waals surface area contributed by atoms with E-state index in [0.717, 1.165) is 0 Å². The molecule has 1 aliphatic heterocycles. The molecule has 1 fully saturated rings. The molecule has 11 nitrogen and oxygen atoms in total. The van der Waals surface area contributed by atoms with Crippen LogP contribution in [0.4, 0.5) is 20.7 Å². The van der Waals surface area contributed by atoms with Crippen molar-refractivity contribution in [1.82, 2.24) is 24.5 Å². The molecule has 3 heterocycles. The van der Waals surface area contributed by atoms with Gasteiger partial charge in [-0.1, -0.05) is 0 Å². The first kappa shape index (κ1) is 24.7. The number of nitrogens with zero attached hydrogens (tertiary/aromatic N) is 6. The van der Waals surface area contributed by atoms with Gasteiger partial charge in [-0.05, 0) is 57.0 Å². The van der Waals surface area contributed by atoms with Crippen molar-refractivity contribution in [2.24, 2.45) is 11.7 Å². The van der Waals surface area contributed by atoms with Crippen molar-refractivity contribution in [2.45, 2.75) is 44.3 Å². The Morgan fingerprint density at radius 1 is 1.39 bits per heavy atom. The molecule has 2 aromatic heterocycles. The smallest absolute Gasteiger partial charge is 0.407 e. The van der Waals surface area contributed by atoms with Crippen LogP contribution in [0.3, 0.4) is 0 Å². The van der Waals surface area contributed by atoms with Crippen molar-refractivity contribution in [3.05, 3.63) is 60.3 Å². The van der Waals surface area contributed by atoms with Crippen molar-refractivity contribution >= 4 is 23.5 Å². The number of aromatic nitrogens is 4. The lowest BCUT2D eigenvalue weighted by atomic mass is 9.72. The van der Waals surface area contributed by atoms with Crippen molar-refractivity contribution in [3.63, 3.8) is 0 Å². The number of piperidine rings is 1. The van der Waals surface area contributed by atoms with Crippen molar-refractivity contribution < 1.29 is 19.1 Å². The van der Waals surface area contributed by atoms with Crippen molar-refractivity contribution in [3.8, 4) is 6.07 Å². The van der Waals surface area contributed by atoms with Gasteiger partial charge in [0.15, 0.2) is 5.82 Å². The number of benzene rings is 1. The number of hydrogen-bond acceptors (Lipinski definition) is 6. The lowest BCUT2D eigenvalue weighted by molar-refractivity contribution is -0.00498. The van der Waals surface area contributed by atoms with E-state index in [2.05, 4.69) is 21.6 Å². The largest absolute Gasteiger partial charge is 0.465 e. The molecule has 188 valence electrons. The maximum absolute atomic E-state index is 13.3. The van der Waals surface area contributed by atoms with Gasteiger partial charge in [0.25, 0.3) is 5.91 Å².